The number of hydrogen-bond acceptors (Lipinski definition) is 2. The molecule has 0 aliphatic heterocycles. The maximum absolute atomic E-state index is 12.1. The van der Waals surface area contributed by atoms with Crippen molar-refractivity contribution in [3.63, 3.8) is 0 Å². The molecular weight excluding hydrogens is 262 g/mol. The molecule has 1 saturated carbocycles. The zero-order valence-electron chi connectivity index (χ0n) is 12.6. The van der Waals surface area contributed by atoms with E-state index in [-0.39, 0.29) is 11.8 Å². The molecule has 0 spiro atoms. The predicted octanol–water partition coefficient (Wildman–Crippen LogP) is 2.88. The first-order valence-corrected chi connectivity index (χ1v) is 7.95. The quantitative estimate of drug-likeness (QED) is 0.939. The molecule has 1 N–H and O–H groups in total. The number of imidazole rings is 1. The van der Waals surface area contributed by atoms with Gasteiger partial charge in [-0.25, -0.2) is 4.98 Å². The van der Waals surface area contributed by atoms with E-state index in [4.69, 9.17) is 0 Å². The first kappa shape index (κ1) is 14.1. The fraction of sp³-hybridized carbons (Fsp3) is 0.529. The number of rotatable bonds is 4. The lowest BCUT2D eigenvalue weighted by Gasteiger charge is -2.20. The molecule has 1 amide bonds. The lowest BCUT2D eigenvalue weighted by molar-refractivity contribution is -0.125. The molecule has 4 heteroatoms. The zero-order chi connectivity index (χ0) is 14.7. The highest BCUT2D eigenvalue weighted by molar-refractivity contribution is 5.78. The summed E-state index contributed by atoms with van der Waals surface area (Å²) in [5, 5.41) is 3.07. The number of carbonyl (C=O) groups excluding carboxylic acids is 1. The van der Waals surface area contributed by atoms with Crippen molar-refractivity contribution in [3.05, 3.63) is 35.8 Å². The number of hydrogen-bond donors (Lipinski definition) is 1. The Hall–Kier alpha value is -1.84. The Morgan fingerprint density at radius 1 is 1.38 bits per heavy atom. The molecule has 21 heavy (non-hydrogen) atoms. The number of nitrogens with one attached hydrogen (secondary N) is 1. The van der Waals surface area contributed by atoms with Crippen LogP contribution in [0.1, 0.15) is 43.4 Å². The Kier molecular flexibility index (Phi) is 4.23. The van der Waals surface area contributed by atoms with Crippen LogP contribution < -0.4 is 5.32 Å². The Morgan fingerprint density at radius 2 is 2.19 bits per heavy atom. The molecule has 2 aromatic heterocycles. The second-order valence-electron chi connectivity index (χ2n) is 6.03. The van der Waals surface area contributed by atoms with Crippen molar-refractivity contribution in [3.8, 4) is 0 Å². The summed E-state index contributed by atoms with van der Waals surface area (Å²) in [7, 11) is 0. The van der Waals surface area contributed by atoms with E-state index in [1.165, 1.54) is 24.8 Å². The number of pyridine rings is 1. The van der Waals surface area contributed by atoms with Crippen molar-refractivity contribution in [2.75, 3.05) is 6.54 Å². The average molecular weight is 285 g/mol. The number of aryl methyl sites for hydroxylation is 1. The molecule has 0 bridgehead atoms. The smallest absolute Gasteiger partial charge is 0.223 e. The maximum atomic E-state index is 12.1. The van der Waals surface area contributed by atoms with Gasteiger partial charge in [0, 0.05) is 31.3 Å². The normalized spacial score (nSPS) is 16.2. The van der Waals surface area contributed by atoms with Crippen LogP contribution in [0.5, 0.6) is 0 Å². The van der Waals surface area contributed by atoms with Crippen molar-refractivity contribution in [2.24, 2.45) is 5.92 Å². The van der Waals surface area contributed by atoms with Crippen molar-refractivity contribution in [1.82, 2.24) is 14.7 Å². The monoisotopic (exact) mass is 285 g/mol. The minimum absolute atomic E-state index is 0.231. The summed E-state index contributed by atoms with van der Waals surface area (Å²) in [6.07, 6.45) is 10.6. The third kappa shape index (κ3) is 3.26. The molecule has 0 radical (unpaired) electrons. The van der Waals surface area contributed by atoms with Crippen LogP contribution in [0.25, 0.3) is 5.65 Å². The van der Waals surface area contributed by atoms with Gasteiger partial charge in [0.15, 0.2) is 0 Å². The molecule has 3 rings (SSSR count). The number of amides is 1. The van der Waals surface area contributed by atoms with E-state index in [1.807, 2.05) is 16.7 Å². The minimum atomic E-state index is 0.231. The molecule has 0 atom stereocenters. The summed E-state index contributed by atoms with van der Waals surface area (Å²) in [4.78, 5) is 16.7. The Bertz CT molecular complexity index is 626. The van der Waals surface area contributed by atoms with Crippen molar-refractivity contribution < 1.29 is 4.79 Å². The fourth-order valence-electron chi connectivity index (χ4n) is 3.15. The van der Waals surface area contributed by atoms with Crippen molar-refractivity contribution >= 4 is 11.6 Å². The van der Waals surface area contributed by atoms with Crippen LogP contribution in [0.4, 0.5) is 0 Å². The van der Waals surface area contributed by atoms with Crippen LogP contribution >= 0.6 is 0 Å². The number of fused-ring (bicyclic) bond motifs is 1. The van der Waals surface area contributed by atoms with Gasteiger partial charge in [0.05, 0.1) is 5.69 Å². The van der Waals surface area contributed by atoms with Crippen LogP contribution in [-0.4, -0.2) is 21.8 Å². The van der Waals surface area contributed by atoms with Crippen LogP contribution in [0.15, 0.2) is 24.5 Å². The summed E-state index contributed by atoms with van der Waals surface area (Å²) < 4.78 is 2.05. The molecule has 1 aliphatic carbocycles. The first-order chi connectivity index (χ1) is 10.2. The Morgan fingerprint density at radius 3 is 2.95 bits per heavy atom. The van der Waals surface area contributed by atoms with E-state index < -0.39 is 0 Å². The molecule has 1 aliphatic rings. The molecule has 4 nitrogen and oxygen atoms in total. The van der Waals surface area contributed by atoms with E-state index in [9.17, 15) is 4.79 Å². The van der Waals surface area contributed by atoms with Crippen LogP contribution in [0.2, 0.25) is 0 Å². The Labute approximate surface area is 125 Å². The fourth-order valence-corrected chi connectivity index (χ4v) is 3.15. The summed E-state index contributed by atoms with van der Waals surface area (Å²) in [6, 6.07) is 4.09. The largest absolute Gasteiger partial charge is 0.355 e. The summed E-state index contributed by atoms with van der Waals surface area (Å²) in [5.74, 6) is 0.469. The maximum Gasteiger partial charge on any atom is 0.223 e. The second-order valence-corrected chi connectivity index (χ2v) is 6.03. The van der Waals surface area contributed by atoms with Gasteiger partial charge in [0.25, 0.3) is 0 Å². The van der Waals surface area contributed by atoms with Crippen LogP contribution in [0.3, 0.4) is 0 Å². The van der Waals surface area contributed by atoms with Gasteiger partial charge in [0.2, 0.25) is 5.91 Å². The van der Waals surface area contributed by atoms with Gasteiger partial charge < -0.3 is 9.72 Å². The molecular formula is C17H23N3O. The van der Waals surface area contributed by atoms with E-state index in [0.717, 1.165) is 30.6 Å². The summed E-state index contributed by atoms with van der Waals surface area (Å²) in [5.41, 5.74) is 3.22. The molecule has 0 saturated heterocycles. The highest BCUT2D eigenvalue weighted by Crippen LogP contribution is 2.23. The lowest BCUT2D eigenvalue weighted by Crippen LogP contribution is -2.33. The van der Waals surface area contributed by atoms with Crippen molar-refractivity contribution in [1.29, 1.82) is 0 Å². The third-order valence-electron chi connectivity index (χ3n) is 4.38. The molecule has 0 aromatic carbocycles. The van der Waals surface area contributed by atoms with E-state index in [0.29, 0.717) is 6.54 Å². The van der Waals surface area contributed by atoms with E-state index in [1.54, 1.807) is 0 Å². The van der Waals surface area contributed by atoms with Gasteiger partial charge in [-0.1, -0.05) is 25.3 Å². The topological polar surface area (TPSA) is 46.4 Å². The zero-order valence-corrected chi connectivity index (χ0v) is 12.6. The molecule has 2 aromatic rings. The van der Waals surface area contributed by atoms with Gasteiger partial charge >= 0.3 is 0 Å². The standard InChI is InChI=1S/C17H23N3O/c1-13-6-5-11-20-12-15(19-16(13)20)9-10-18-17(21)14-7-3-2-4-8-14/h5-6,11-12,14H,2-4,7-10H2,1H3,(H,18,21). The summed E-state index contributed by atoms with van der Waals surface area (Å²) >= 11 is 0. The predicted molar refractivity (Wildman–Crippen MR) is 83.2 cm³/mol. The first-order valence-electron chi connectivity index (χ1n) is 7.95. The lowest BCUT2D eigenvalue weighted by atomic mass is 9.89. The van der Waals surface area contributed by atoms with Gasteiger partial charge in [-0.15, -0.1) is 0 Å². The summed E-state index contributed by atoms with van der Waals surface area (Å²) in [6.45, 7) is 2.75. The highest BCUT2D eigenvalue weighted by Gasteiger charge is 2.20. The molecule has 1 fully saturated rings. The molecule has 2 heterocycles. The number of carbonyl (C=O) groups is 1. The van der Waals surface area contributed by atoms with Gasteiger partial charge in [0.1, 0.15) is 5.65 Å². The number of nitrogens with zero attached hydrogens (tertiary/aromatic N) is 2. The van der Waals surface area contributed by atoms with Gasteiger partial charge in [-0.3, -0.25) is 4.79 Å². The van der Waals surface area contributed by atoms with Crippen molar-refractivity contribution in [2.45, 2.75) is 45.4 Å². The third-order valence-corrected chi connectivity index (χ3v) is 4.38. The van der Waals surface area contributed by atoms with Crippen LogP contribution in [-0.2, 0) is 11.2 Å². The highest BCUT2D eigenvalue weighted by atomic mass is 16.1. The molecule has 112 valence electrons. The Balaban J connectivity index is 1.54. The minimum Gasteiger partial charge on any atom is -0.355 e. The van der Waals surface area contributed by atoms with Crippen LogP contribution in [0, 0.1) is 12.8 Å². The van der Waals surface area contributed by atoms with Gasteiger partial charge in [-0.05, 0) is 31.4 Å². The van der Waals surface area contributed by atoms with E-state index in [2.05, 4.69) is 29.5 Å². The SMILES string of the molecule is Cc1cccn2cc(CCNC(=O)C3CCCCC3)nc12. The van der Waals surface area contributed by atoms with E-state index >= 15 is 0 Å². The average Bonchev–Trinajstić information content (AvgIpc) is 2.92. The second kappa shape index (κ2) is 6.29. The van der Waals surface area contributed by atoms with Gasteiger partial charge in [-0.2, -0.15) is 0 Å². The molecule has 0 unspecified atom stereocenters. The number of aromatic nitrogens is 2.